The van der Waals surface area contributed by atoms with Crippen LogP contribution in [0.3, 0.4) is 0 Å². The molecule has 0 radical (unpaired) electrons. The van der Waals surface area contributed by atoms with Crippen LogP contribution >= 0.6 is 0 Å². The molecule has 1 aromatic rings. The predicted octanol–water partition coefficient (Wildman–Crippen LogP) is 1.97. The lowest BCUT2D eigenvalue weighted by atomic mass is 9.91. The van der Waals surface area contributed by atoms with Crippen LogP contribution in [0, 0.1) is 11.3 Å². The number of rotatable bonds is 5. The van der Waals surface area contributed by atoms with Gasteiger partial charge in [0.2, 0.25) is 5.91 Å². The van der Waals surface area contributed by atoms with Gasteiger partial charge in [0, 0.05) is 25.4 Å². The molecule has 1 aromatic carbocycles. The number of aliphatic hydroxyl groups is 1. The number of carbonyl (C=O) groups excluding carboxylic acids is 1. The van der Waals surface area contributed by atoms with E-state index in [1.807, 2.05) is 44.2 Å². The van der Waals surface area contributed by atoms with Gasteiger partial charge in [-0.15, -0.1) is 0 Å². The van der Waals surface area contributed by atoms with Gasteiger partial charge in [0.25, 0.3) is 0 Å². The van der Waals surface area contributed by atoms with Crippen molar-refractivity contribution in [2.45, 2.75) is 20.3 Å². The Morgan fingerprint density at radius 3 is 2.70 bits per heavy atom. The zero-order valence-corrected chi connectivity index (χ0v) is 12.3. The topological polar surface area (TPSA) is 52.6 Å². The summed E-state index contributed by atoms with van der Waals surface area (Å²) in [6, 6.07) is 9.54. The summed E-state index contributed by atoms with van der Waals surface area (Å²) in [6.45, 7) is 6.76. The maximum Gasteiger partial charge on any atom is 0.231 e. The van der Waals surface area contributed by atoms with Crippen LogP contribution in [0.25, 0.3) is 0 Å². The van der Waals surface area contributed by atoms with E-state index in [2.05, 4.69) is 10.2 Å². The molecule has 0 saturated carbocycles. The lowest BCUT2D eigenvalue weighted by Crippen LogP contribution is -2.41. The number of carbonyl (C=O) groups is 1. The zero-order chi connectivity index (χ0) is 14.6. The molecule has 1 atom stereocenters. The molecule has 0 aromatic heterocycles. The van der Waals surface area contributed by atoms with Crippen LogP contribution in [0.2, 0.25) is 0 Å². The van der Waals surface area contributed by atoms with Crippen LogP contribution in [0.15, 0.2) is 30.3 Å². The first kappa shape index (κ1) is 15.0. The number of amides is 1. The largest absolute Gasteiger partial charge is 0.396 e. The predicted molar refractivity (Wildman–Crippen MR) is 80.5 cm³/mol. The van der Waals surface area contributed by atoms with E-state index in [0.717, 1.165) is 31.7 Å². The van der Waals surface area contributed by atoms with Gasteiger partial charge in [-0.2, -0.15) is 0 Å². The maximum absolute atomic E-state index is 12.4. The van der Waals surface area contributed by atoms with E-state index in [4.69, 9.17) is 0 Å². The molecule has 20 heavy (non-hydrogen) atoms. The number of hydrogen-bond donors (Lipinski definition) is 2. The van der Waals surface area contributed by atoms with Crippen molar-refractivity contribution in [2.75, 3.05) is 31.6 Å². The quantitative estimate of drug-likeness (QED) is 0.864. The van der Waals surface area contributed by atoms with E-state index in [-0.39, 0.29) is 12.5 Å². The molecule has 2 rings (SSSR count). The molecule has 1 fully saturated rings. The number of anilines is 1. The highest BCUT2D eigenvalue weighted by Crippen LogP contribution is 2.24. The molecule has 2 N–H and O–H groups in total. The Labute approximate surface area is 120 Å². The zero-order valence-electron chi connectivity index (χ0n) is 12.3. The van der Waals surface area contributed by atoms with Crippen LogP contribution in [0.1, 0.15) is 20.3 Å². The van der Waals surface area contributed by atoms with Gasteiger partial charge < -0.3 is 15.3 Å². The molecule has 1 unspecified atom stereocenters. The fourth-order valence-electron chi connectivity index (χ4n) is 2.66. The summed E-state index contributed by atoms with van der Waals surface area (Å²) < 4.78 is 0. The number of nitrogens with zero attached hydrogens (tertiary/aromatic N) is 1. The minimum Gasteiger partial charge on any atom is -0.396 e. The smallest absolute Gasteiger partial charge is 0.231 e. The lowest BCUT2D eigenvalue weighted by molar-refractivity contribution is -0.124. The van der Waals surface area contributed by atoms with E-state index in [1.54, 1.807) is 0 Å². The Hall–Kier alpha value is -1.39. The van der Waals surface area contributed by atoms with Gasteiger partial charge in [0.1, 0.15) is 0 Å². The van der Waals surface area contributed by atoms with Crippen LogP contribution in [-0.4, -0.2) is 42.2 Å². The van der Waals surface area contributed by atoms with Crippen molar-refractivity contribution >= 4 is 11.6 Å². The van der Waals surface area contributed by atoms with Gasteiger partial charge in [-0.1, -0.05) is 18.2 Å². The Morgan fingerprint density at radius 1 is 1.40 bits per heavy atom. The van der Waals surface area contributed by atoms with E-state index < -0.39 is 5.41 Å². The van der Waals surface area contributed by atoms with Crippen molar-refractivity contribution in [3.05, 3.63) is 30.3 Å². The normalized spacial score (nSPS) is 20.1. The highest BCUT2D eigenvalue weighted by atomic mass is 16.3. The third kappa shape index (κ3) is 3.81. The molecule has 0 spiro atoms. The van der Waals surface area contributed by atoms with Crippen LogP contribution in [-0.2, 0) is 4.79 Å². The molecular weight excluding hydrogens is 252 g/mol. The van der Waals surface area contributed by atoms with Gasteiger partial charge in [-0.05, 0) is 44.9 Å². The highest BCUT2D eigenvalue weighted by Gasteiger charge is 2.33. The number of nitrogens with one attached hydrogen (secondary N) is 1. The Bertz CT molecular complexity index is 445. The average Bonchev–Trinajstić information content (AvgIpc) is 2.86. The van der Waals surface area contributed by atoms with Gasteiger partial charge in [-0.3, -0.25) is 4.79 Å². The first-order chi connectivity index (χ1) is 9.51. The molecular formula is C16H24N2O2. The fourth-order valence-corrected chi connectivity index (χ4v) is 2.66. The van der Waals surface area contributed by atoms with E-state index >= 15 is 0 Å². The Morgan fingerprint density at radius 2 is 2.10 bits per heavy atom. The number of para-hydroxylation sites is 1. The summed E-state index contributed by atoms with van der Waals surface area (Å²) in [5.41, 5.74) is 0.389. The summed E-state index contributed by atoms with van der Waals surface area (Å²) in [6.07, 6.45) is 1.02. The number of hydrogen-bond acceptors (Lipinski definition) is 3. The SMILES string of the molecule is CC(C)(CN1CCC(CO)C1)C(=O)Nc1ccccc1. The van der Waals surface area contributed by atoms with Crippen molar-refractivity contribution in [1.82, 2.24) is 4.90 Å². The van der Waals surface area contributed by atoms with Crippen molar-refractivity contribution in [3.8, 4) is 0 Å². The number of likely N-dealkylation sites (tertiary alicyclic amines) is 1. The van der Waals surface area contributed by atoms with Gasteiger partial charge in [-0.25, -0.2) is 0 Å². The average molecular weight is 276 g/mol. The van der Waals surface area contributed by atoms with Crippen molar-refractivity contribution < 1.29 is 9.90 Å². The second-order valence-electron chi connectivity index (χ2n) is 6.28. The molecule has 1 aliphatic heterocycles. The summed E-state index contributed by atoms with van der Waals surface area (Å²) in [5, 5.41) is 12.1. The van der Waals surface area contributed by atoms with Crippen LogP contribution in [0.4, 0.5) is 5.69 Å². The summed E-state index contributed by atoms with van der Waals surface area (Å²) in [5.74, 6) is 0.402. The van der Waals surface area contributed by atoms with Crippen molar-refractivity contribution in [1.29, 1.82) is 0 Å². The molecule has 1 saturated heterocycles. The second-order valence-corrected chi connectivity index (χ2v) is 6.28. The van der Waals surface area contributed by atoms with Crippen molar-refractivity contribution in [2.24, 2.45) is 11.3 Å². The van der Waals surface area contributed by atoms with Gasteiger partial charge >= 0.3 is 0 Å². The number of benzene rings is 1. The third-order valence-corrected chi connectivity index (χ3v) is 3.89. The molecule has 4 nitrogen and oxygen atoms in total. The van der Waals surface area contributed by atoms with Gasteiger partial charge in [0.15, 0.2) is 0 Å². The lowest BCUT2D eigenvalue weighted by Gasteiger charge is -2.29. The monoisotopic (exact) mass is 276 g/mol. The molecule has 1 aliphatic rings. The third-order valence-electron chi connectivity index (χ3n) is 3.89. The highest BCUT2D eigenvalue weighted by molar-refractivity contribution is 5.94. The van der Waals surface area contributed by atoms with Crippen LogP contribution in [0.5, 0.6) is 0 Å². The minimum atomic E-state index is -0.444. The van der Waals surface area contributed by atoms with E-state index in [9.17, 15) is 9.90 Å². The summed E-state index contributed by atoms with van der Waals surface area (Å²) in [7, 11) is 0. The molecule has 1 heterocycles. The molecule has 4 heteroatoms. The minimum absolute atomic E-state index is 0.0381. The summed E-state index contributed by atoms with van der Waals surface area (Å²) in [4.78, 5) is 14.7. The van der Waals surface area contributed by atoms with E-state index in [1.165, 1.54) is 0 Å². The fraction of sp³-hybridized carbons (Fsp3) is 0.562. The molecule has 0 bridgehead atoms. The first-order valence-electron chi connectivity index (χ1n) is 7.21. The van der Waals surface area contributed by atoms with E-state index in [0.29, 0.717) is 5.92 Å². The van der Waals surface area contributed by atoms with Crippen molar-refractivity contribution in [3.63, 3.8) is 0 Å². The second kappa shape index (κ2) is 6.37. The van der Waals surface area contributed by atoms with Gasteiger partial charge in [0.05, 0.1) is 5.41 Å². The standard InChI is InChI=1S/C16H24N2O2/c1-16(2,12-18-9-8-13(10-18)11-19)15(20)17-14-6-4-3-5-7-14/h3-7,13,19H,8-12H2,1-2H3,(H,17,20). The molecule has 0 aliphatic carbocycles. The Balaban J connectivity index is 1.91. The molecule has 1 amide bonds. The Kier molecular flexibility index (Phi) is 4.78. The van der Waals surface area contributed by atoms with Crippen LogP contribution < -0.4 is 5.32 Å². The number of aliphatic hydroxyl groups excluding tert-OH is 1. The maximum atomic E-state index is 12.4. The first-order valence-corrected chi connectivity index (χ1v) is 7.21. The molecule has 110 valence electrons. The summed E-state index contributed by atoms with van der Waals surface area (Å²) >= 11 is 0.